The molecule has 2 aromatic rings. The molecule has 6 heteroatoms. The molecule has 0 aliphatic rings. The maximum atomic E-state index is 12.4. The maximum absolute atomic E-state index is 12.4. The molecule has 0 bridgehead atoms. The molecule has 1 heterocycles. The van der Waals surface area contributed by atoms with Gasteiger partial charge in [-0.15, -0.1) is 0 Å². The molecule has 0 aliphatic heterocycles. The number of aryl methyl sites for hydroxylation is 1. The van der Waals surface area contributed by atoms with Crippen molar-refractivity contribution in [2.75, 3.05) is 6.54 Å². The third-order valence-corrected chi connectivity index (χ3v) is 3.63. The molecule has 1 aromatic carbocycles. The minimum atomic E-state index is -1.05. The molecule has 0 aliphatic carbocycles. The molecule has 1 amide bonds. The zero-order chi connectivity index (χ0) is 15.7. The Morgan fingerprint density at radius 2 is 2.00 bits per heavy atom. The lowest BCUT2D eigenvalue weighted by Gasteiger charge is -2.23. The van der Waals surface area contributed by atoms with E-state index in [4.69, 9.17) is 9.52 Å². The van der Waals surface area contributed by atoms with Crippen molar-refractivity contribution in [3.8, 4) is 0 Å². The summed E-state index contributed by atoms with van der Waals surface area (Å²) in [5, 5.41) is 9.73. The molecule has 0 fully saturated rings. The molecule has 0 unspecified atom stereocenters. The molecule has 1 N–H and O–H groups in total. The van der Waals surface area contributed by atoms with Crippen LogP contribution in [0.4, 0.5) is 0 Å². The SMILES string of the molecule is Cc1cc(Br)cc2cc(C(=O)N(CC(=O)O)C(C)C)oc12. The number of aliphatic carboxylic acids is 1. The van der Waals surface area contributed by atoms with E-state index in [1.54, 1.807) is 19.9 Å². The largest absolute Gasteiger partial charge is 0.480 e. The van der Waals surface area contributed by atoms with Gasteiger partial charge in [0.05, 0.1) is 0 Å². The fourth-order valence-electron chi connectivity index (χ4n) is 2.16. The van der Waals surface area contributed by atoms with Crippen LogP contribution in [0.15, 0.2) is 27.1 Å². The van der Waals surface area contributed by atoms with Gasteiger partial charge in [-0.2, -0.15) is 0 Å². The summed E-state index contributed by atoms with van der Waals surface area (Å²) in [6, 6.07) is 5.18. The average molecular weight is 354 g/mol. The number of rotatable bonds is 4. The summed E-state index contributed by atoms with van der Waals surface area (Å²) in [6.45, 7) is 5.08. The molecular formula is C15H16BrNO4. The molecule has 0 saturated heterocycles. The lowest BCUT2D eigenvalue weighted by atomic mass is 10.2. The lowest BCUT2D eigenvalue weighted by Crippen LogP contribution is -2.40. The Morgan fingerprint density at radius 3 is 2.57 bits per heavy atom. The van der Waals surface area contributed by atoms with Gasteiger partial charge in [-0.1, -0.05) is 15.9 Å². The van der Waals surface area contributed by atoms with Gasteiger partial charge < -0.3 is 14.4 Å². The number of carbonyl (C=O) groups excluding carboxylic acids is 1. The fourth-order valence-corrected chi connectivity index (χ4v) is 2.75. The minimum Gasteiger partial charge on any atom is -0.480 e. The van der Waals surface area contributed by atoms with E-state index in [0.717, 1.165) is 15.4 Å². The second-order valence-electron chi connectivity index (χ2n) is 5.17. The fraction of sp³-hybridized carbons (Fsp3) is 0.333. The standard InChI is InChI=1S/C15H16BrNO4/c1-8(2)17(7-13(18)19)15(20)12-6-10-5-11(16)4-9(3)14(10)21-12/h4-6,8H,7H2,1-3H3,(H,18,19). The van der Waals surface area contributed by atoms with Crippen molar-refractivity contribution in [2.45, 2.75) is 26.8 Å². The average Bonchev–Trinajstić information content (AvgIpc) is 2.78. The van der Waals surface area contributed by atoms with E-state index in [2.05, 4.69) is 15.9 Å². The minimum absolute atomic E-state index is 0.154. The normalized spacial score (nSPS) is 11.1. The highest BCUT2D eigenvalue weighted by Crippen LogP contribution is 2.27. The van der Waals surface area contributed by atoms with Gasteiger partial charge in [0.1, 0.15) is 12.1 Å². The van der Waals surface area contributed by atoms with Crippen molar-refractivity contribution in [1.29, 1.82) is 0 Å². The number of amides is 1. The van der Waals surface area contributed by atoms with Crippen molar-refractivity contribution in [2.24, 2.45) is 0 Å². The molecular weight excluding hydrogens is 338 g/mol. The number of carbonyl (C=O) groups is 2. The molecule has 2 rings (SSSR count). The molecule has 0 spiro atoms. The van der Waals surface area contributed by atoms with Crippen LogP contribution >= 0.6 is 15.9 Å². The summed E-state index contributed by atoms with van der Waals surface area (Å²) in [5.74, 6) is -1.31. The number of hydrogen-bond acceptors (Lipinski definition) is 3. The Kier molecular flexibility index (Phi) is 4.37. The number of halogens is 1. The van der Waals surface area contributed by atoms with Crippen LogP contribution in [0.1, 0.15) is 30.0 Å². The lowest BCUT2D eigenvalue weighted by molar-refractivity contribution is -0.138. The van der Waals surface area contributed by atoms with Gasteiger partial charge in [0.15, 0.2) is 5.76 Å². The van der Waals surface area contributed by atoms with E-state index in [-0.39, 0.29) is 18.3 Å². The number of carboxylic acid groups (broad SMARTS) is 1. The highest BCUT2D eigenvalue weighted by Gasteiger charge is 2.24. The monoisotopic (exact) mass is 353 g/mol. The smallest absolute Gasteiger partial charge is 0.323 e. The summed E-state index contributed by atoms with van der Waals surface area (Å²) in [7, 11) is 0. The summed E-state index contributed by atoms with van der Waals surface area (Å²) >= 11 is 3.40. The summed E-state index contributed by atoms with van der Waals surface area (Å²) < 4.78 is 6.52. The van der Waals surface area contributed by atoms with E-state index in [0.29, 0.717) is 5.58 Å². The van der Waals surface area contributed by atoms with Crippen molar-refractivity contribution in [3.63, 3.8) is 0 Å². The Hall–Kier alpha value is -1.82. The van der Waals surface area contributed by atoms with E-state index in [1.807, 2.05) is 19.1 Å². The van der Waals surface area contributed by atoms with Crippen LogP contribution in [-0.4, -0.2) is 34.5 Å². The molecule has 0 saturated carbocycles. The zero-order valence-corrected chi connectivity index (χ0v) is 13.6. The summed E-state index contributed by atoms with van der Waals surface area (Å²) in [5.41, 5.74) is 1.55. The second kappa shape index (κ2) is 5.89. The van der Waals surface area contributed by atoms with Crippen LogP contribution in [-0.2, 0) is 4.79 Å². The van der Waals surface area contributed by atoms with Gasteiger partial charge in [-0.05, 0) is 44.5 Å². The molecule has 1 aromatic heterocycles. The Morgan fingerprint density at radius 1 is 1.33 bits per heavy atom. The van der Waals surface area contributed by atoms with Crippen molar-refractivity contribution in [3.05, 3.63) is 34.0 Å². The van der Waals surface area contributed by atoms with E-state index in [1.165, 1.54) is 4.90 Å². The third-order valence-electron chi connectivity index (χ3n) is 3.17. The highest BCUT2D eigenvalue weighted by molar-refractivity contribution is 9.10. The van der Waals surface area contributed by atoms with E-state index in [9.17, 15) is 9.59 Å². The second-order valence-corrected chi connectivity index (χ2v) is 6.09. The number of fused-ring (bicyclic) bond motifs is 1. The molecule has 0 atom stereocenters. The zero-order valence-electron chi connectivity index (χ0n) is 12.0. The topological polar surface area (TPSA) is 70.8 Å². The van der Waals surface area contributed by atoms with Gasteiger partial charge in [0, 0.05) is 15.9 Å². The maximum Gasteiger partial charge on any atom is 0.323 e. The first-order valence-electron chi connectivity index (χ1n) is 6.52. The first-order chi connectivity index (χ1) is 9.79. The Bertz CT molecular complexity index is 705. The van der Waals surface area contributed by atoms with Crippen LogP contribution in [0.2, 0.25) is 0 Å². The number of benzene rings is 1. The van der Waals surface area contributed by atoms with Crippen LogP contribution in [0, 0.1) is 6.92 Å². The quantitative estimate of drug-likeness (QED) is 0.913. The van der Waals surface area contributed by atoms with Crippen LogP contribution < -0.4 is 0 Å². The van der Waals surface area contributed by atoms with E-state index < -0.39 is 11.9 Å². The van der Waals surface area contributed by atoms with Crippen LogP contribution in [0.5, 0.6) is 0 Å². The molecule has 112 valence electrons. The third kappa shape index (κ3) is 3.26. The van der Waals surface area contributed by atoms with Gasteiger partial charge >= 0.3 is 5.97 Å². The van der Waals surface area contributed by atoms with Crippen LogP contribution in [0.25, 0.3) is 11.0 Å². The first kappa shape index (κ1) is 15.6. The summed E-state index contributed by atoms with van der Waals surface area (Å²) in [4.78, 5) is 24.6. The number of nitrogens with zero attached hydrogens (tertiary/aromatic N) is 1. The highest BCUT2D eigenvalue weighted by atomic mass is 79.9. The van der Waals surface area contributed by atoms with Gasteiger partial charge in [0.25, 0.3) is 5.91 Å². The first-order valence-corrected chi connectivity index (χ1v) is 7.31. The van der Waals surface area contributed by atoms with Gasteiger partial charge in [-0.25, -0.2) is 0 Å². The summed E-state index contributed by atoms with van der Waals surface area (Å²) in [6.07, 6.45) is 0. The predicted molar refractivity (Wildman–Crippen MR) is 82.5 cm³/mol. The number of furan rings is 1. The van der Waals surface area contributed by atoms with Crippen molar-refractivity contribution in [1.82, 2.24) is 4.90 Å². The Labute approximate surface area is 130 Å². The Balaban J connectivity index is 2.42. The van der Waals surface area contributed by atoms with Crippen molar-refractivity contribution < 1.29 is 19.1 Å². The number of carboxylic acids is 1. The predicted octanol–water partition coefficient (Wildman–Crippen LogP) is 3.44. The number of hydrogen-bond donors (Lipinski definition) is 1. The molecule has 5 nitrogen and oxygen atoms in total. The van der Waals surface area contributed by atoms with Gasteiger partial charge in [0.2, 0.25) is 0 Å². The van der Waals surface area contributed by atoms with Crippen molar-refractivity contribution >= 4 is 38.8 Å². The molecule has 0 radical (unpaired) electrons. The molecule has 21 heavy (non-hydrogen) atoms. The van der Waals surface area contributed by atoms with Crippen LogP contribution in [0.3, 0.4) is 0 Å². The van der Waals surface area contributed by atoms with Gasteiger partial charge in [-0.3, -0.25) is 9.59 Å². The van der Waals surface area contributed by atoms with E-state index >= 15 is 0 Å².